The lowest BCUT2D eigenvalue weighted by molar-refractivity contribution is -0.283. The van der Waals surface area contributed by atoms with Gasteiger partial charge in [0.15, 0.2) is 5.79 Å². The zero-order chi connectivity index (χ0) is 18.3. The fraction of sp³-hybridized carbons (Fsp3) is 0.867. The summed E-state index contributed by atoms with van der Waals surface area (Å²) < 4.78 is 10.7. The van der Waals surface area contributed by atoms with Gasteiger partial charge in [-0.15, -0.1) is 0 Å². The van der Waals surface area contributed by atoms with Crippen molar-refractivity contribution in [1.82, 2.24) is 0 Å². The second-order valence-electron chi connectivity index (χ2n) is 6.17. The van der Waals surface area contributed by atoms with Crippen LogP contribution in [0.3, 0.4) is 0 Å². The van der Waals surface area contributed by atoms with E-state index < -0.39 is 41.8 Å². The number of carbonyl (C=O) groups is 2. The van der Waals surface area contributed by atoms with Crippen LogP contribution in [0.1, 0.15) is 40.5 Å². The largest absolute Gasteiger partial charge is 0.481 e. The first-order valence-electron chi connectivity index (χ1n) is 7.51. The van der Waals surface area contributed by atoms with Gasteiger partial charge in [-0.2, -0.15) is 0 Å². The van der Waals surface area contributed by atoms with Crippen molar-refractivity contribution in [3.05, 3.63) is 0 Å². The van der Waals surface area contributed by atoms with E-state index in [2.05, 4.69) is 0 Å². The zero-order valence-corrected chi connectivity index (χ0v) is 14.2. The van der Waals surface area contributed by atoms with Crippen LogP contribution in [0.4, 0.5) is 0 Å². The topological polar surface area (TPSA) is 134 Å². The number of hydrogen-bond donors (Lipinski definition) is 4. The summed E-state index contributed by atoms with van der Waals surface area (Å²) in [6.07, 6.45) is 0.758. The normalized spacial score (nSPS) is 19.4. The first kappa shape index (κ1) is 21.8. The van der Waals surface area contributed by atoms with Crippen molar-refractivity contribution in [2.45, 2.75) is 46.3 Å². The summed E-state index contributed by atoms with van der Waals surface area (Å²) in [5.41, 5.74) is -2.20. The van der Waals surface area contributed by atoms with Gasteiger partial charge >= 0.3 is 11.9 Å². The molecule has 8 nitrogen and oxygen atoms in total. The Bertz CT molecular complexity index is 382. The molecule has 1 fully saturated rings. The number of aliphatic carboxylic acids is 2. The third kappa shape index (κ3) is 5.42. The van der Waals surface area contributed by atoms with Crippen molar-refractivity contribution in [2.24, 2.45) is 10.8 Å². The second-order valence-corrected chi connectivity index (χ2v) is 6.17. The van der Waals surface area contributed by atoms with Gasteiger partial charge in [0.25, 0.3) is 0 Å². The number of aliphatic hydroxyl groups excluding tert-OH is 2. The third-order valence-electron chi connectivity index (χ3n) is 4.26. The van der Waals surface area contributed by atoms with Gasteiger partial charge < -0.3 is 29.9 Å². The van der Waals surface area contributed by atoms with E-state index in [-0.39, 0.29) is 19.6 Å². The average molecular weight is 336 g/mol. The summed E-state index contributed by atoms with van der Waals surface area (Å²) in [5, 5.41) is 34.7. The van der Waals surface area contributed by atoms with E-state index in [9.17, 15) is 9.59 Å². The minimum atomic E-state index is -1.35. The van der Waals surface area contributed by atoms with E-state index in [1.165, 1.54) is 0 Å². The molecule has 1 aliphatic heterocycles. The zero-order valence-electron chi connectivity index (χ0n) is 14.2. The predicted octanol–water partition coefficient (Wildman–Crippen LogP) is 0.702. The highest BCUT2D eigenvalue weighted by molar-refractivity contribution is 5.75. The van der Waals surface area contributed by atoms with Gasteiger partial charge in [0.1, 0.15) is 10.8 Å². The molecule has 8 heteroatoms. The van der Waals surface area contributed by atoms with Crippen molar-refractivity contribution in [3.63, 3.8) is 0 Å². The Morgan fingerprint density at radius 2 is 1.48 bits per heavy atom. The van der Waals surface area contributed by atoms with Crippen molar-refractivity contribution in [1.29, 1.82) is 0 Å². The van der Waals surface area contributed by atoms with E-state index in [4.69, 9.17) is 29.9 Å². The third-order valence-corrected chi connectivity index (χ3v) is 4.26. The van der Waals surface area contributed by atoms with Crippen LogP contribution in [-0.4, -0.2) is 64.6 Å². The molecule has 1 heterocycles. The summed E-state index contributed by atoms with van der Waals surface area (Å²) in [5.74, 6) is -2.64. The highest BCUT2D eigenvalue weighted by atomic mass is 16.7. The average Bonchev–Trinajstić information content (AvgIpc) is 2.50. The van der Waals surface area contributed by atoms with E-state index >= 15 is 0 Å². The molecule has 0 atom stereocenters. The Kier molecular flexibility index (Phi) is 8.13. The molecule has 0 unspecified atom stereocenters. The number of rotatable bonds is 6. The predicted molar refractivity (Wildman–Crippen MR) is 80.9 cm³/mol. The molecule has 1 rings (SSSR count). The molecule has 0 amide bonds. The Hall–Kier alpha value is -1.22. The highest BCUT2D eigenvalue weighted by Gasteiger charge is 2.44. The molecule has 136 valence electrons. The summed E-state index contributed by atoms with van der Waals surface area (Å²) in [6.45, 7) is 6.44. The fourth-order valence-corrected chi connectivity index (χ4v) is 1.75. The number of ether oxygens (including phenoxy) is 2. The molecule has 0 radical (unpaired) electrons. The maximum atomic E-state index is 11.0. The van der Waals surface area contributed by atoms with Crippen LogP contribution in [-0.2, 0) is 19.1 Å². The first-order valence-corrected chi connectivity index (χ1v) is 7.51. The van der Waals surface area contributed by atoms with Crippen LogP contribution in [0.15, 0.2) is 0 Å². The van der Waals surface area contributed by atoms with Gasteiger partial charge in [0.05, 0.1) is 26.4 Å². The SMILES string of the molecule is CCC(CO)(CO)C(=O)O.CCC1(C(=O)O)COC(C)(C)OC1. The standard InChI is InChI=1S/C9H16O4.C6H12O4/c1-4-9(7(10)11)5-12-8(2,3)13-6-9;1-2-6(3-7,4-8)5(9)10/h4-6H2,1-3H3,(H,10,11);7-8H,2-4H2,1H3,(H,9,10). The Labute approximate surface area is 136 Å². The minimum absolute atomic E-state index is 0.228. The number of aliphatic hydroxyl groups is 2. The van der Waals surface area contributed by atoms with E-state index in [1.54, 1.807) is 20.8 Å². The molecule has 0 aromatic heterocycles. The molecule has 23 heavy (non-hydrogen) atoms. The van der Waals surface area contributed by atoms with Crippen molar-refractivity contribution in [2.75, 3.05) is 26.4 Å². The Balaban J connectivity index is 0.000000438. The molecule has 1 aliphatic rings. The van der Waals surface area contributed by atoms with Crippen LogP contribution in [0.25, 0.3) is 0 Å². The van der Waals surface area contributed by atoms with Gasteiger partial charge in [-0.25, -0.2) is 0 Å². The van der Waals surface area contributed by atoms with Gasteiger partial charge in [-0.05, 0) is 26.7 Å². The quantitative estimate of drug-likeness (QED) is 0.557. The van der Waals surface area contributed by atoms with Crippen LogP contribution in [0.2, 0.25) is 0 Å². The Morgan fingerprint density at radius 3 is 1.65 bits per heavy atom. The first-order chi connectivity index (χ1) is 10.5. The number of hydrogen-bond acceptors (Lipinski definition) is 6. The fourth-order valence-electron chi connectivity index (χ4n) is 1.75. The summed E-state index contributed by atoms with van der Waals surface area (Å²) in [6, 6.07) is 0. The monoisotopic (exact) mass is 336 g/mol. The molecule has 0 bridgehead atoms. The molecule has 0 aromatic rings. The molecular formula is C15H28O8. The van der Waals surface area contributed by atoms with Crippen LogP contribution in [0.5, 0.6) is 0 Å². The summed E-state index contributed by atoms with van der Waals surface area (Å²) in [4.78, 5) is 21.4. The maximum Gasteiger partial charge on any atom is 0.314 e. The van der Waals surface area contributed by atoms with Crippen LogP contribution < -0.4 is 0 Å². The van der Waals surface area contributed by atoms with E-state index in [0.29, 0.717) is 6.42 Å². The van der Waals surface area contributed by atoms with Crippen molar-refractivity contribution in [3.8, 4) is 0 Å². The van der Waals surface area contributed by atoms with Gasteiger partial charge in [0, 0.05) is 0 Å². The maximum absolute atomic E-state index is 11.0. The number of carboxylic acid groups (broad SMARTS) is 2. The highest BCUT2D eigenvalue weighted by Crippen LogP contribution is 2.32. The number of carboxylic acids is 2. The van der Waals surface area contributed by atoms with Gasteiger partial charge in [-0.3, -0.25) is 9.59 Å². The second kappa shape index (κ2) is 8.58. The van der Waals surface area contributed by atoms with Gasteiger partial charge in [0.2, 0.25) is 0 Å². The van der Waals surface area contributed by atoms with Crippen LogP contribution >= 0.6 is 0 Å². The summed E-state index contributed by atoms with van der Waals surface area (Å²) in [7, 11) is 0. The van der Waals surface area contributed by atoms with Gasteiger partial charge in [-0.1, -0.05) is 13.8 Å². The molecule has 4 N–H and O–H groups in total. The lowest BCUT2D eigenvalue weighted by Crippen LogP contribution is -2.50. The summed E-state index contributed by atoms with van der Waals surface area (Å²) >= 11 is 0. The molecule has 0 spiro atoms. The van der Waals surface area contributed by atoms with E-state index in [0.717, 1.165) is 0 Å². The van der Waals surface area contributed by atoms with Crippen LogP contribution in [0, 0.1) is 10.8 Å². The van der Waals surface area contributed by atoms with Crippen molar-refractivity contribution < 1.29 is 39.5 Å². The molecule has 0 saturated carbocycles. The van der Waals surface area contributed by atoms with Crippen molar-refractivity contribution >= 4 is 11.9 Å². The Morgan fingerprint density at radius 1 is 1.04 bits per heavy atom. The molecular weight excluding hydrogens is 308 g/mol. The molecule has 0 aromatic carbocycles. The lowest BCUT2D eigenvalue weighted by Gasteiger charge is -2.40. The smallest absolute Gasteiger partial charge is 0.314 e. The lowest BCUT2D eigenvalue weighted by atomic mass is 9.86. The minimum Gasteiger partial charge on any atom is -0.481 e. The molecule has 0 aliphatic carbocycles. The molecule has 1 saturated heterocycles. The van der Waals surface area contributed by atoms with E-state index in [1.807, 2.05) is 6.92 Å².